The molecule has 0 atom stereocenters. The van der Waals surface area contributed by atoms with Crippen molar-refractivity contribution in [1.82, 2.24) is 19.7 Å². The van der Waals surface area contributed by atoms with Crippen LogP contribution in [0.5, 0.6) is 11.5 Å². The van der Waals surface area contributed by atoms with Crippen LogP contribution < -0.4 is 14.4 Å². The number of aryl methyl sites for hydroxylation is 1. The summed E-state index contributed by atoms with van der Waals surface area (Å²) in [5.74, 6) is 2.24. The average molecular weight is 325 g/mol. The summed E-state index contributed by atoms with van der Waals surface area (Å²) >= 11 is 0. The Labute approximate surface area is 139 Å². The lowest BCUT2D eigenvalue weighted by Crippen LogP contribution is -2.31. The van der Waals surface area contributed by atoms with E-state index in [-0.39, 0.29) is 0 Å². The molecule has 1 aliphatic rings. The summed E-state index contributed by atoms with van der Waals surface area (Å²) in [5, 5.41) is 5.51. The van der Waals surface area contributed by atoms with E-state index in [4.69, 9.17) is 9.47 Å². The molecule has 2 aromatic heterocycles. The van der Waals surface area contributed by atoms with E-state index in [1.807, 2.05) is 23.9 Å². The van der Waals surface area contributed by atoms with Crippen LogP contribution in [0, 0.1) is 0 Å². The van der Waals surface area contributed by atoms with Crippen molar-refractivity contribution in [2.24, 2.45) is 7.05 Å². The third kappa shape index (κ3) is 2.33. The molecule has 0 radical (unpaired) electrons. The summed E-state index contributed by atoms with van der Waals surface area (Å²) in [6.45, 7) is 1.65. The summed E-state index contributed by atoms with van der Waals surface area (Å²) < 4.78 is 12.7. The number of anilines is 1. The van der Waals surface area contributed by atoms with Crippen LogP contribution in [0.2, 0.25) is 0 Å². The van der Waals surface area contributed by atoms with E-state index in [9.17, 15) is 0 Å². The second-order valence-corrected chi connectivity index (χ2v) is 5.87. The number of hydrogen-bond acceptors (Lipinski definition) is 6. The molecule has 3 heterocycles. The number of benzene rings is 1. The quantitative estimate of drug-likeness (QED) is 0.733. The number of fused-ring (bicyclic) bond motifs is 2. The van der Waals surface area contributed by atoms with E-state index in [1.54, 1.807) is 20.5 Å². The molecule has 7 nitrogen and oxygen atoms in total. The average Bonchev–Trinajstić information content (AvgIpc) is 2.98. The van der Waals surface area contributed by atoms with E-state index in [1.165, 1.54) is 5.56 Å². The van der Waals surface area contributed by atoms with Gasteiger partial charge in [-0.15, -0.1) is 0 Å². The largest absolute Gasteiger partial charge is 0.493 e. The zero-order valence-corrected chi connectivity index (χ0v) is 14.0. The maximum atomic E-state index is 5.43. The van der Waals surface area contributed by atoms with Gasteiger partial charge in [0.1, 0.15) is 12.1 Å². The molecule has 3 aromatic rings. The molecule has 1 aromatic carbocycles. The van der Waals surface area contributed by atoms with Gasteiger partial charge >= 0.3 is 0 Å². The zero-order valence-electron chi connectivity index (χ0n) is 14.0. The number of hydrogen-bond donors (Lipinski definition) is 0. The summed E-state index contributed by atoms with van der Waals surface area (Å²) in [4.78, 5) is 11.1. The lowest BCUT2D eigenvalue weighted by Gasteiger charge is -2.28. The molecule has 1 aliphatic heterocycles. The Kier molecular flexibility index (Phi) is 3.48. The Morgan fingerprint density at radius 1 is 1.08 bits per heavy atom. The normalized spacial score (nSPS) is 13.9. The van der Waals surface area contributed by atoms with E-state index in [0.29, 0.717) is 11.5 Å². The fraction of sp³-hybridized carbons (Fsp3) is 0.353. The molecule has 0 fully saturated rings. The van der Waals surface area contributed by atoms with Crippen molar-refractivity contribution in [3.05, 3.63) is 35.9 Å². The van der Waals surface area contributed by atoms with Gasteiger partial charge in [0.25, 0.3) is 0 Å². The van der Waals surface area contributed by atoms with Crippen LogP contribution in [0.4, 0.5) is 5.82 Å². The van der Waals surface area contributed by atoms with Crippen molar-refractivity contribution in [1.29, 1.82) is 0 Å². The Morgan fingerprint density at radius 2 is 1.88 bits per heavy atom. The molecule has 0 unspecified atom stereocenters. The SMILES string of the molecule is COc1cc2ncnc(N3CCc4cn(C)nc4C3)c2cc1OC. The molecule has 4 rings (SSSR count). The highest BCUT2D eigenvalue weighted by Gasteiger charge is 2.22. The Hall–Kier alpha value is -2.83. The molecular formula is C17H19N5O2. The van der Waals surface area contributed by atoms with Gasteiger partial charge in [0.2, 0.25) is 0 Å². The van der Waals surface area contributed by atoms with Gasteiger partial charge in [-0.2, -0.15) is 5.10 Å². The third-order valence-corrected chi connectivity index (χ3v) is 4.40. The van der Waals surface area contributed by atoms with Crippen LogP contribution >= 0.6 is 0 Å². The van der Waals surface area contributed by atoms with Gasteiger partial charge in [-0.25, -0.2) is 9.97 Å². The van der Waals surface area contributed by atoms with Crippen LogP contribution in [0.1, 0.15) is 11.3 Å². The van der Waals surface area contributed by atoms with Crippen LogP contribution in [-0.4, -0.2) is 40.5 Å². The first-order chi connectivity index (χ1) is 11.7. The van der Waals surface area contributed by atoms with E-state index >= 15 is 0 Å². The van der Waals surface area contributed by atoms with E-state index in [2.05, 4.69) is 26.2 Å². The molecule has 0 saturated carbocycles. The van der Waals surface area contributed by atoms with Crippen molar-refractivity contribution >= 4 is 16.7 Å². The fourth-order valence-corrected chi connectivity index (χ4v) is 3.24. The molecule has 0 amide bonds. The number of aromatic nitrogens is 4. The zero-order chi connectivity index (χ0) is 16.7. The highest BCUT2D eigenvalue weighted by molar-refractivity contribution is 5.92. The predicted molar refractivity (Wildman–Crippen MR) is 90.6 cm³/mol. The van der Waals surface area contributed by atoms with Gasteiger partial charge in [-0.1, -0.05) is 0 Å². The third-order valence-electron chi connectivity index (χ3n) is 4.40. The van der Waals surface area contributed by atoms with Crippen molar-refractivity contribution in [3.63, 3.8) is 0 Å². The number of methoxy groups -OCH3 is 2. The van der Waals surface area contributed by atoms with E-state index < -0.39 is 0 Å². The van der Waals surface area contributed by atoms with E-state index in [0.717, 1.165) is 41.9 Å². The van der Waals surface area contributed by atoms with Crippen LogP contribution in [0.3, 0.4) is 0 Å². The lowest BCUT2D eigenvalue weighted by molar-refractivity contribution is 0.356. The second-order valence-electron chi connectivity index (χ2n) is 5.87. The van der Waals surface area contributed by atoms with Gasteiger partial charge in [0.15, 0.2) is 11.5 Å². The van der Waals surface area contributed by atoms with Crippen LogP contribution in [0.25, 0.3) is 10.9 Å². The molecule has 0 N–H and O–H groups in total. The van der Waals surface area contributed by atoms with Gasteiger partial charge in [-0.3, -0.25) is 4.68 Å². The topological polar surface area (TPSA) is 65.3 Å². The maximum absolute atomic E-state index is 5.43. The first kappa shape index (κ1) is 14.7. The lowest BCUT2D eigenvalue weighted by atomic mass is 10.1. The van der Waals surface area contributed by atoms with Crippen LogP contribution in [-0.2, 0) is 20.0 Å². The number of ether oxygens (including phenoxy) is 2. The van der Waals surface area contributed by atoms with Gasteiger partial charge in [0, 0.05) is 31.2 Å². The molecule has 0 aliphatic carbocycles. The molecule has 24 heavy (non-hydrogen) atoms. The van der Waals surface area contributed by atoms with Crippen LogP contribution in [0.15, 0.2) is 24.7 Å². The Bertz CT molecular complexity index is 905. The molecular weight excluding hydrogens is 306 g/mol. The summed E-state index contributed by atoms with van der Waals surface area (Å²) in [7, 11) is 5.22. The maximum Gasteiger partial charge on any atom is 0.162 e. The minimum absolute atomic E-state index is 0.667. The second kappa shape index (κ2) is 5.67. The van der Waals surface area contributed by atoms with Crippen molar-refractivity contribution in [3.8, 4) is 11.5 Å². The highest BCUT2D eigenvalue weighted by atomic mass is 16.5. The van der Waals surface area contributed by atoms with Crippen molar-refractivity contribution in [2.45, 2.75) is 13.0 Å². The number of rotatable bonds is 3. The number of nitrogens with zero attached hydrogens (tertiary/aromatic N) is 5. The molecule has 0 bridgehead atoms. The van der Waals surface area contributed by atoms with Gasteiger partial charge < -0.3 is 14.4 Å². The standard InChI is InChI=1S/C17H19N5O2/c1-21-8-11-4-5-22(9-14(11)20-21)17-12-6-15(23-2)16(24-3)7-13(12)18-10-19-17/h6-8,10H,4-5,9H2,1-3H3. The summed E-state index contributed by atoms with van der Waals surface area (Å²) in [5.41, 5.74) is 3.26. The minimum atomic E-state index is 0.667. The molecule has 7 heteroatoms. The molecule has 0 spiro atoms. The highest BCUT2D eigenvalue weighted by Crippen LogP contribution is 2.35. The first-order valence-corrected chi connectivity index (χ1v) is 7.82. The minimum Gasteiger partial charge on any atom is -0.493 e. The monoisotopic (exact) mass is 325 g/mol. The Morgan fingerprint density at radius 3 is 2.67 bits per heavy atom. The van der Waals surface area contributed by atoms with Crippen molar-refractivity contribution < 1.29 is 9.47 Å². The summed E-state index contributed by atoms with van der Waals surface area (Å²) in [6, 6.07) is 3.83. The fourth-order valence-electron chi connectivity index (χ4n) is 3.24. The summed E-state index contributed by atoms with van der Waals surface area (Å²) in [6.07, 6.45) is 4.65. The molecule has 124 valence electrons. The first-order valence-electron chi connectivity index (χ1n) is 7.82. The molecule has 0 saturated heterocycles. The van der Waals surface area contributed by atoms with Gasteiger partial charge in [-0.05, 0) is 18.1 Å². The van der Waals surface area contributed by atoms with Crippen molar-refractivity contribution in [2.75, 3.05) is 25.7 Å². The van der Waals surface area contributed by atoms with Gasteiger partial charge in [0.05, 0.1) is 32.0 Å². The Balaban J connectivity index is 1.79. The predicted octanol–water partition coefficient (Wildman–Crippen LogP) is 1.94. The smallest absolute Gasteiger partial charge is 0.162 e.